The summed E-state index contributed by atoms with van der Waals surface area (Å²) in [6.45, 7) is 0.168. The first kappa shape index (κ1) is 12.1. The van der Waals surface area contributed by atoms with E-state index in [1.165, 1.54) is 6.07 Å². The van der Waals surface area contributed by atoms with Gasteiger partial charge in [-0.1, -0.05) is 0 Å². The first-order valence-electron chi connectivity index (χ1n) is 5.76. The van der Waals surface area contributed by atoms with E-state index in [2.05, 4.69) is 0 Å². The smallest absolute Gasteiger partial charge is 0.184 e. The molecule has 0 heterocycles. The van der Waals surface area contributed by atoms with E-state index in [-0.39, 0.29) is 30.6 Å². The maximum absolute atomic E-state index is 13.8. The number of nitrogen functional groups attached to an aromatic ring is 1. The normalized spacial score (nSPS) is 15.7. The molecule has 1 aliphatic carbocycles. The van der Waals surface area contributed by atoms with Crippen molar-refractivity contribution >= 4 is 11.4 Å². The Labute approximate surface area is 98.8 Å². The van der Waals surface area contributed by atoms with Crippen LogP contribution in [0.2, 0.25) is 0 Å². The van der Waals surface area contributed by atoms with Crippen molar-refractivity contribution in [2.24, 2.45) is 0 Å². The first-order chi connectivity index (χ1) is 8.15. The molecule has 0 unspecified atom stereocenters. The van der Waals surface area contributed by atoms with Crippen LogP contribution < -0.4 is 10.6 Å². The summed E-state index contributed by atoms with van der Waals surface area (Å²) in [5, 5.41) is 9.02. The van der Waals surface area contributed by atoms with Crippen LogP contribution in [-0.2, 0) is 0 Å². The Morgan fingerprint density at radius 1 is 1.35 bits per heavy atom. The van der Waals surface area contributed by atoms with E-state index in [0.717, 1.165) is 25.3 Å². The molecule has 0 bridgehead atoms. The van der Waals surface area contributed by atoms with E-state index in [0.29, 0.717) is 0 Å². The van der Waals surface area contributed by atoms with Crippen LogP contribution in [0.25, 0.3) is 0 Å². The van der Waals surface area contributed by atoms with E-state index in [1.54, 1.807) is 4.90 Å². The topological polar surface area (TPSA) is 49.5 Å². The second-order valence-corrected chi connectivity index (χ2v) is 4.30. The molecule has 0 radical (unpaired) electrons. The van der Waals surface area contributed by atoms with E-state index in [1.807, 2.05) is 0 Å². The number of rotatable bonds is 4. The Hall–Kier alpha value is -1.36. The fourth-order valence-corrected chi connectivity index (χ4v) is 2.13. The highest BCUT2D eigenvalue weighted by molar-refractivity contribution is 5.69. The molecule has 1 saturated carbocycles. The average molecular weight is 242 g/mol. The van der Waals surface area contributed by atoms with Crippen molar-refractivity contribution in [1.29, 1.82) is 0 Å². The highest BCUT2D eigenvalue weighted by Crippen LogP contribution is 2.35. The molecule has 5 heteroatoms. The van der Waals surface area contributed by atoms with Gasteiger partial charge >= 0.3 is 0 Å². The maximum atomic E-state index is 13.8. The predicted molar refractivity (Wildman–Crippen MR) is 62.8 cm³/mol. The summed E-state index contributed by atoms with van der Waals surface area (Å²) in [6, 6.07) is 2.53. The van der Waals surface area contributed by atoms with Gasteiger partial charge in [-0.2, -0.15) is 0 Å². The number of halogens is 2. The molecular weight excluding hydrogens is 226 g/mol. The summed E-state index contributed by atoms with van der Waals surface area (Å²) in [5.41, 5.74) is 6.01. The zero-order chi connectivity index (χ0) is 12.4. The lowest BCUT2D eigenvalue weighted by atomic mass is 9.91. The molecule has 17 heavy (non-hydrogen) atoms. The van der Waals surface area contributed by atoms with Crippen LogP contribution in [-0.4, -0.2) is 24.3 Å². The number of nitrogens with zero attached hydrogens (tertiary/aromatic N) is 1. The van der Waals surface area contributed by atoms with Gasteiger partial charge < -0.3 is 15.7 Å². The molecule has 0 amide bonds. The molecule has 0 aliphatic heterocycles. The number of anilines is 2. The molecule has 0 saturated heterocycles. The molecule has 94 valence electrons. The third-order valence-electron chi connectivity index (χ3n) is 3.24. The van der Waals surface area contributed by atoms with Gasteiger partial charge in [0.1, 0.15) is 0 Å². The Morgan fingerprint density at radius 2 is 2.06 bits per heavy atom. The first-order valence-corrected chi connectivity index (χ1v) is 5.76. The summed E-state index contributed by atoms with van der Waals surface area (Å²) in [4.78, 5) is 1.68. The predicted octanol–water partition coefficient (Wildman–Crippen LogP) is 1.90. The average Bonchev–Trinajstić information content (AvgIpc) is 2.22. The second kappa shape index (κ2) is 4.87. The fourth-order valence-electron chi connectivity index (χ4n) is 2.13. The summed E-state index contributed by atoms with van der Waals surface area (Å²) < 4.78 is 27.0. The highest BCUT2D eigenvalue weighted by atomic mass is 19.2. The van der Waals surface area contributed by atoms with E-state index < -0.39 is 11.6 Å². The Morgan fingerprint density at radius 3 is 2.59 bits per heavy atom. The van der Waals surface area contributed by atoms with Gasteiger partial charge in [-0.25, -0.2) is 8.78 Å². The van der Waals surface area contributed by atoms with Crippen LogP contribution in [0.5, 0.6) is 0 Å². The van der Waals surface area contributed by atoms with Crippen molar-refractivity contribution in [3.8, 4) is 0 Å². The van der Waals surface area contributed by atoms with Crippen LogP contribution in [0.1, 0.15) is 19.3 Å². The molecule has 1 fully saturated rings. The van der Waals surface area contributed by atoms with Gasteiger partial charge in [0, 0.05) is 12.6 Å². The number of aliphatic hydroxyl groups is 1. The molecule has 3 N–H and O–H groups in total. The molecule has 3 nitrogen and oxygen atoms in total. The Bertz CT molecular complexity index is 408. The number of hydrogen-bond donors (Lipinski definition) is 2. The van der Waals surface area contributed by atoms with Crippen molar-refractivity contribution in [2.75, 3.05) is 23.8 Å². The number of aliphatic hydroxyl groups excluding tert-OH is 1. The minimum atomic E-state index is -0.926. The minimum Gasteiger partial charge on any atom is -0.397 e. The van der Waals surface area contributed by atoms with Gasteiger partial charge in [0.05, 0.1) is 18.0 Å². The minimum absolute atomic E-state index is 0.0868. The van der Waals surface area contributed by atoms with Crippen LogP contribution in [0, 0.1) is 11.6 Å². The molecule has 1 aromatic carbocycles. The third-order valence-corrected chi connectivity index (χ3v) is 3.24. The lowest BCUT2D eigenvalue weighted by molar-refractivity contribution is 0.282. The summed E-state index contributed by atoms with van der Waals surface area (Å²) in [6.07, 6.45) is 2.92. The largest absolute Gasteiger partial charge is 0.397 e. The number of hydrogen-bond acceptors (Lipinski definition) is 3. The molecule has 0 atom stereocenters. The van der Waals surface area contributed by atoms with Crippen molar-refractivity contribution < 1.29 is 13.9 Å². The lowest BCUT2D eigenvalue weighted by Crippen LogP contribution is -2.42. The second-order valence-electron chi connectivity index (χ2n) is 4.30. The Kier molecular flexibility index (Phi) is 3.47. The van der Waals surface area contributed by atoms with Gasteiger partial charge in [0.2, 0.25) is 0 Å². The SMILES string of the molecule is Nc1ccc(F)c(F)c1N(CCO)C1CCC1. The van der Waals surface area contributed by atoms with Crippen LogP contribution in [0.3, 0.4) is 0 Å². The molecule has 1 aliphatic rings. The molecule has 2 rings (SSSR count). The highest BCUT2D eigenvalue weighted by Gasteiger charge is 2.28. The van der Waals surface area contributed by atoms with Crippen molar-refractivity contribution in [2.45, 2.75) is 25.3 Å². The van der Waals surface area contributed by atoms with Crippen LogP contribution in [0.4, 0.5) is 20.2 Å². The molecular formula is C12H16F2N2O. The van der Waals surface area contributed by atoms with Gasteiger partial charge in [0.25, 0.3) is 0 Å². The molecule has 0 aromatic heterocycles. The van der Waals surface area contributed by atoms with Gasteiger partial charge in [-0.3, -0.25) is 0 Å². The zero-order valence-corrected chi connectivity index (χ0v) is 9.50. The lowest BCUT2D eigenvalue weighted by Gasteiger charge is -2.39. The summed E-state index contributed by atoms with van der Waals surface area (Å²) >= 11 is 0. The van der Waals surface area contributed by atoms with Crippen molar-refractivity contribution in [1.82, 2.24) is 0 Å². The zero-order valence-electron chi connectivity index (χ0n) is 9.50. The van der Waals surface area contributed by atoms with Crippen LogP contribution in [0.15, 0.2) is 12.1 Å². The standard InChI is InChI=1S/C12H16F2N2O/c13-9-4-5-10(15)12(11(9)14)16(6-7-17)8-2-1-3-8/h4-5,8,17H,1-3,6-7,15H2. The van der Waals surface area contributed by atoms with E-state index >= 15 is 0 Å². The van der Waals surface area contributed by atoms with Crippen molar-refractivity contribution in [3.63, 3.8) is 0 Å². The van der Waals surface area contributed by atoms with Gasteiger partial charge in [0.15, 0.2) is 11.6 Å². The molecule has 0 spiro atoms. The van der Waals surface area contributed by atoms with Crippen LogP contribution >= 0.6 is 0 Å². The quantitative estimate of drug-likeness (QED) is 0.793. The van der Waals surface area contributed by atoms with E-state index in [4.69, 9.17) is 10.8 Å². The van der Waals surface area contributed by atoms with Gasteiger partial charge in [-0.15, -0.1) is 0 Å². The maximum Gasteiger partial charge on any atom is 0.184 e. The van der Waals surface area contributed by atoms with E-state index in [9.17, 15) is 8.78 Å². The molecule has 1 aromatic rings. The number of benzene rings is 1. The van der Waals surface area contributed by atoms with Crippen molar-refractivity contribution in [3.05, 3.63) is 23.8 Å². The Balaban J connectivity index is 2.37. The third kappa shape index (κ3) is 2.20. The fraction of sp³-hybridized carbons (Fsp3) is 0.500. The summed E-state index contributed by atoms with van der Waals surface area (Å²) in [7, 11) is 0. The summed E-state index contributed by atoms with van der Waals surface area (Å²) in [5.74, 6) is -1.83. The number of nitrogens with two attached hydrogens (primary N) is 1. The monoisotopic (exact) mass is 242 g/mol. The van der Waals surface area contributed by atoms with Gasteiger partial charge in [-0.05, 0) is 31.4 Å².